The maximum absolute atomic E-state index is 10.6. The lowest BCUT2D eigenvalue weighted by molar-refractivity contribution is 0.405. The fourth-order valence-corrected chi connectivity index (χ4v) is 3.85. The van der Waals surface area contributed by atoms with Gasteiger partial charge in [0.1, 0.15) is 34.6 Å². The van der Waals surface area contributed by atoms with Crippen LogP contribution in [0.25, 0.3) is 11.3 Å². The van der Waals surface area contributed by atoms with Gasteiger partial charge in [0.25, 0.3) is 0 Å². The molecule has 9 heteroatoms. The number of phenolic OH excluding ortho intramolecular Hbond substituents is 1. The third kappa shape index (κ3) is 3.69. The summed E-state index contributed by atoms with van der Waals surface area (Å²) in [6.07, 6.45) is 0. The van der Waals surface area contributed by atoms with E-state index in [4.69, 9.17) is 27.8 Å². The summed E-state index contributed by atoms with van der Waals surface area (Å²) < 4.78 is 5.33. The van der Waals surface area contributed by atoms with Crippen molar-refractivity contribution in [3.63, 3.8) is 0 Å². The van der Waals surface area contributed by atoms with Crippen LogP contribution in [0.15, 0.2) is 46.2 Å². The smallest absolute Gasteiger partial charge is 0.222 e. The van der Waals surface area contributed by atoms with Gasteiger partial charge in [0.15, 0.2) is 0 Å². The quantitative estimate of drug-likeness (QED) is 0.605. The Morgan fingerprint density at radius 3 is 2.63 bits per heavy atom. The summed E-state index contributed by atoms with van der Waals surface area (Å²) in [7, 11) is 1.58. The van der Waals surface area contributed by atoms with Crippen molar-refractivity contribution in [1.82, 2.24) is 9.97 Å². The molecular formula is C18H14ClN5O2S. The molecule has 3 aromatic rings. The Kier molecular flexibility index (Phi) is 5.26. The van der Waals surface area contributed by atoms with Gasteiger partial charge in [-0.3, -0.25) is 0 Å². The van der Waals surface area contributed by atoms with E-state index >= 15 is 0 Å². The number of nitrogens with zero attached hydrogens (tertiary/aromatic N) is 3. The Labute approximate surface area is 164 Å². The molecule has 0 unspecified atom stereocenters. The second-order valence-corrected chi connectivity index (χ2v) is 6.88. The third-order valence-corrected chi connectivity index (χ3v) is 4.97. The lowest BCUT2D eigenvalue weighted by Crippen LogP contribution is -2.05. The molecule has 0 aliphatic rings. The molecule has 0 aliphatic heterocycles. The molecule has 5 N–H and O–H groups in total. The first-order chi connectivity index (χ1) is 12.9. The molecule has 0 atom stereocenters. The zero-order chi connectivity index (χ0) is 19.6. The predicted octanol–water partition coefficient (Wildman–Crippen LogP) is 3.70. The van der Waals surface area contributed by atoms with Crippen LogP contribution in [0.2, 0.25) is 5.02 Å². The highest BCUT2D eigenvalue weighted by Gasteiger charge is 2.20. The highest BCUT2D eigenvalue weighted by molar-refractivity contribution is 7.99. The maximum atomic E-state index is 10.6. The van der Waals surface area contributed by atoms with Gasteiger partial charge in [-0.05, 0) is 24.3 Å². The fraction of sp³-hybridized carbons (Fsp3) is 0.0556. The van der Waals surface area contributed by atoms with Crippen molar-refractivity contribution in [2.75, 3.05) is 18.6 Å². The van der Waals surface area contributed by atoms with Crippen LogP contribution in [0, 0.1) is 11.3 Å². The minimum Gasteiger partial charge on any atom is -0.507 e. The van der Waals surface area contributed by atoms with Gasteiger partial charge in [-0.25, -0.2) is 4.98 Å². The Bertz CT molecular complexity index is 1050. The number of methoxy groups -OCH3 is 1. The first kappa shape index (κ1) is 18.6. The number of ether oxygens (including phenoxy) is 1. The van der Waals surface area contributed by atoms with Crippen molar-refractivity contribution in [3.8, 4) is 28.8 Å². The lowest BCUT2D eigenvalue weighted by atomic mass is 10.1. The fourth-order valence-electron chi connectivity index (χ4n) is 2.48. The Hall–Kier alpha value is -3.15. The number of hydrogen-bond acceptors (Lipinski definition) is 8. The average Bonchev–Trinajstić information content (AvgIpc) is 2.61. The summed E-state index contributed by atoms with van der Waals surface area (Å²) in [5.41, 5.74) is 11.6. The number of halogens is 1. The number of phenols is 1. The van der Waals surface area contributed by atoms with Gasteiger partial charge in [-0.2, -0.15) is 10.2 Å². The second-order valence-electron chi connectivity index (χ2n) is 5.35. The Morgan fingerprint density at radius 1 is 1.22 bits per heavy atom. The molecule has 27 heavy (non-hydrogen) atoms. The van der Waals surface area contributed by atoms with Crippen molar-refractivity contribution in [2.24, 2.45) is 0 Å². The van der Waals surface area contributed by atoms with Crippen LogP contribution in [0.5, 0.6) is 11.5 Å². The summed E-state index contributed by atoms with van der Waals surface area (Å²) in [5, 5.41) is 20.1. The molecule has 0 spiro atoms. The first-order valence-electron chi connectivity index (χ1n) is 7.61. The highest BCUT2D eigenvalue weighted by Crippen LogP contribution is 2.43. The number of anilines is 2. The Morgan fingerprint density at radius 2 is 1.96 bits per heavy atom. The second kappa shape index (κ2) is 7.61. The van der Waals surface area contributed by atoms with Gasteiger partial charge >= 0.3 is 0 Å². The standard InChI is InChI=1S/C18H14ClN5O2S/c1-26-13-4-2-3-5-14(13)27-9-6-11(19)15(12(25)7-9)16-10(8-20)17(21)24-18(22)23-16/h2-7,25H,1H3,(H4,21,22,23,24). The van der Waals surface area contributed by atoms with Crippen LogP contribution in [0.3, 0.4) is 0 Å². The van der Waals surface area contributed by atoms with Crippen molar-refractivity contribution < 1.29 is 9.84 Å². The topological polar surface area (TPSA) is 131 Å². The van der Waals surface area contributed by atoms with Crippen LogP contribution >= 0.6 is 23.4 Å². The van der Waals surface area contributed by atoms with Gasteiger partial charge in [-0.15, -0.1) is 0 Å². The van der Waals surface area contributed by atoms with Gasteiger partial charge in [-0.1, -0.05) is 35.5 Å². The summed E-state index contributed by atoms with van der Waals surface area (Å²) >= 11 is 7.76. The molecule has 0 bridgehead atoms. The normalized spacial score (nSPS) is 10.4. The maximum Gasteiger partial charge on any atom is 0.222 e. The van der Waals surface area contributed by atoms with E-state index in [1.165, 1.54) is 17.8 Å². The average molecular weight is 400 g/mol. The molecule has 0 amide bonds. The van der Waals surface area contributed by atoms with Crippen LogP contribution in [0.1, 0.15) is 5.56 Å². The van der Waals surface area contributed by atoms with Crippen molar-refractivity contribution in [3.05, 3.63) is 47.0 Å². The molecule has 1 heterocycles. The van der Waals surface area contributed by atoms with Gasteiger partial charge in [0.05, 0.1) is 22.6 Å². The molecule has 3 rings (SSSR count). The highest BCUT2D eigenvalue weighted by atomic mass is 35.5. The predicted molar refractivity (Wildman–Crippen MR) is 105 cm³/mol. The van der Waals surface area contributed by atoms with Crippen LogP contribution in [0.4, 0.5) is 11.8 Å². The van der Waals surface area contributed by atoms with E-state index in [2.05, 4.69) is 9.97 Å². The third-order valence-electron chi connectivity index (χ3n) is 3.64. The van der Waals surface area contributed by atoms with E-state index in [1.807, 2.05) is 30.3 Å². The van der Waals surface area contributed by atoms with E-state index in [9.17, 15) is 10.4 Å². The zero-order valence-corrected chi connectivity index (χ0v) is 15.7. The van der Waals surface area contributed by atoms with E-state index in [0.717, 1.165) is 4.90 Å². The van der Waals surface area contributed by atoms with Crippen molar-refractivity contribution in [1.29, 1.82) is 5.26 Å². The molecule has 0 aliphatic carbocycles. The number of para-hydroxylation sites is 1. The van der Waals surface area contributed by atoms with Gasteiger partial charge < -0.3 is 21.3 Å². The molecule has 1 aromatic heterocycles. The summed E-state index contributed by atoms with van der Waals surface area (Å²) in [6, 6.07) is 12.6. The number of aromatic hydroxyl groups is 1. The van der Waals surface area contributed by atoms with Crippen LogP contribution in [-0.2, 0) is 0 Å². The zero-order valence-electron chi connectivity index (χ0n) is 14.1. The van der Waals surface area contributed by atoms with Crippen molar-refractivity contribution in [2.45, 2.75) is 9.79 Å². The molecule has 0 fully saturated rings. The van der Waals surface area contributed by atoms with Crippen LogP contribution < -0.4 is 16.2 Å². The molecule has 7 nitrogen and oxygen atoms in total. The van der Waals surface area contributed by atoms with Crippen LogP contribution in [-0.4, -0.2) is 22.2 Å². The molecule has 0 saturated carbocycles. The number of benzene rings is 2. The van der Waals surface area contributed by atoms with E-state index in [0.29, 0.717) is 10.6 Å². The first-order valence-corrected chi connectivity index (χ1v) is 8.81. The number of nitrogens with two attached hydrogens (primary N) is 2. The SMILES string of the molecule is COc1ccccc1Sc1cc(O)c(-c2nc(N)nc(N)c2C#N)c(Cl)c1. The minimum atomic E-state index is -0.158. The summed E-state index contributed by atoms with van der Waals surface area (Å²) in [6.45, 7) is 0. The molecule has 2 aromatic carbocycles. The van der Waals surface area contributed by atoms with E-state index in [1.54, 1.807) is 13.2 Å². The molecule has 0 saturated heterocycles. The summed E-state index contributed by atoms with van der Waals surface area (Å²) in [4.78, 5) is 9.33. The minimum absolute atomic E-state index is 0.00784. The molecular weight excluding hydrogens is 386 g/mol. The number of rotatable bonds is 4. The number of hydrogen-bond donors (Lipinski definition) is 3. The van der Waals surface area contributed by atoms with E-state index in [-0.39, 0.29) is 39.4 Å². The number of nitrogen functional groups attached to an aromatic ring is 2. The van der Waals surface area contributed by atoms with Gasteiger partial charge in [0.2, 0.25) is 5.95 Å². The molecule has 136 valence electrons. The Balaban J connectivity index is 2.09. The monoisotopic (exact) mass is 399 g/mol. The molecule has 0 radical (unpaired) electrons. The van der Waals surface area contributed by atoms with Crippen molar-refractivity contribution >= 4 is 35.1 Å². The largest absolute Gasteiger partial charge is 0.507 e. The lowest BCUT2D eigenvalue weighted by Gasteiger charge is -2.13. The van der Waals surface area contributed by atoms with Gasteiger partial charge in [0, 0.05) is 4.90 Å². The number of aromatic nitrogens is 2. The number of nitriles is 1. The van der Waals surface area contributed by atoms with E-state index < -0.39 is 0 Å². The summed E-state index contributed by atoms with van der Waals surface area (Å²) in [5.74, 6) is 0.339.